The normalized spacial score (nSPS) is 15.9. The highest BCUT2D eigenvalue weighted by Gasteiger charge is 2.36. The fraction of sp³-hybridized carbons (Fsp3) is 0.364. The van der Waals surface area contributed by atoms with Gasteiger partial charge in [-0.25, -0.2) is 9.97 Å². The zero-order chi connectivity index (χ0) is 25.9. The van der Waals surface area contributed by atoms with E-state index in [9.17, 15) is 25.5 Å². The van der Waals surface area contributed by atoms with Gasteiger partial charge in [-0.15, -0.1) is 0 Å². The zero-order valence-electron chi connectivity index (χ0n) is 18.6. The van der Waals surface area contributed by atoms with E-state index in [0.717, 1.165) is 0 Å². The average molecular weight is 593 g/mol. The van der Waals surface area contributed by atoms with Crippen LogP contribution in [-0.2, 0) is 4.74 Å². The monoisotopic (exact) mass is 591 g/mol. The Morgan fingerprint density at radius 1 is 1.00 bits per heavy atom. The van der Waals surface area contributed by atoms with Crippen LogP contribution in [0, 0.1) is 0 Å². The van der Waals surface area contributed by atoms with Crippen molar-refractivity contribution >= 4 is 61.5 Å². The molecule has 1 heterocycles. The molecule has 10 nitrogen and oxygen atoms in total. The van der Waals surface area contributed by atoms with Crippen LogP contribution in [0.4, 0.5) is 11.5 Å². The van der Waals surface area contributed by atoms with Gasteiger partial charge in [0.05, 0.1) is 35.0 Å². The van der Waals surface area contributed by atoms with Gasteiger partial charge in [-0.2, -0.15) is 0 Å². The third-order valence-electron chi connectivity index (χ3n) is 5.48. The molecule has 3 aromatic rings. The van der Waals surface area contributed by atoms with Crippen molar-refractivity contribution in [3.05, 3.63) is 50.7 Å². The molecule has 0 fully saturated rings. The lowest BCUT2D eigenvalue weighted by Crippen LogP contribution is -2.48. The third kappa shape index (κ3) is 5.79. The van der Waals surface area contributed by atoms with Crippen molar-refractivity contribution in [3.63, 3.8) is 0 Å². The predicted molar refractivity (Wildman–Crippen MR) is 134 cm³/mol. The Morgan fingerprint density at radius 2 is 1.71 bits per heavy atom. The van der Waals surface area contributed by atoms with Crippen LogP contribution in [0.2, 0.25) is 10.0 Å². The minimum atomic E-state index is -1.84. The lowest BCUT2D eigenvalue weighted by Gasteiger charge is -2.30. The second-order valence-corrected chi connectivity index (χ2v) is 9.17. The molecule has 35 heavy (non-hydrogen) atoms. The number of benzene rings is 2. The highest BCUT2D eigenvalue weighted by atomic mass is 79.9. The number of rotatable bonds is 10. The summed E-state index contributed by atoms with van der Waals surface area (Å²) in [6.45, 7) is -0.600. The molecule has 1 aromatic heterocycles. The molecule has 0 aliphatic carbocycles. The van der Waals surface area contributed by atoms with Crippen LogP contribution in [0.15, 0.2) is 35.1 Å². The molecule has 2 aromatic carbocycles. The van der Waals surface area contributed by atoms with Crippen LogP contribution in [0.1, 0.15) is 11.7 Å². The quantitative estimate of drug-likeness (QED) is 0.193. The number of hydrogen-bond acceptors (Lipinski definition) is 10. The van der Waals surface area contributed by atoms with Crippen LogP contribution in [-0.4, -0.2) is 80.7 Å². The fourth-order valence-electron chi connectivity index (χ4n) is 3.47. The van der Waals surface area contributed by atoms with Crippen LogP contribution < -0.4 is 10.1 Å². The summed E-state index contributed by atoms with van der Waals surface area (Å²) in [7, 11) is 2.59. The molecule has 0 saturated carbocycles. The fourth-order valence-corrected chi connectivity index (χ4v) is 4.29. The number of halogens is 3. The molecule has 0 aliphatic heterocycles. The summed E-state index contributed by atoms with van der Waals surface area (Å²) in [5.74, 6) is 0.533. The van der Waals surface area contributed by atoms with Crippen LogP contribution in [0.5, 0.6) is 5.75 Å². The van der Waals surface area contributed by atoms with E-state index in [1.165, 1.54) is 26.6 Å². The number of aromatic nitrogens is 2. The summed E-state index contributed by atoms with van der Waals surface area (Å²) >= 11 is 15.8. The first-order valence-corrected chi connectivity index (χ1v) is 11.8. The van der Waals surface area contributed by atoms with Crippen LogP contribution >= 0.6 is 39.1 Å². The van der Waals surface area contributed by atoms with Gasteiger partial charge in [0.25, 0.3) is 0 Å². The highest BCUT2D eigenvalue weighted by Crippen LogP contribution is 2.39. The number of fused-ring (bicyclic) bond motifs is 1. The molecule has 6 N–H and O–H groups in total. The van der Waals surface area contributed by atoms with Gasteiger partial charge in [-0.3, -0.25) is 0 Å². The molecule has 3 rings (SSSR count). The van der Waals surface area contributed by atoms with E-state index in [2.05, 4.69) is 31.2 Å². The molecule has 0 aliphatic rings. The Morgan fingerprint density at radius 3 is 2.34 bits per heavy atom. The Balaban J connectivity index is 1.98. The van der Waals surface area contributed by atoms with E-state index in [0.29, 0.717) is 31.9 Å². The first kappa shape index (κ1) is 27.8. The molecule has 5 atom stereocenters. The van der Waals surface area contributed by atoms with Gasteiger partial charge in [-0.05, 0) is 40.2 Å². The van der Waals surface area contributed by atoms with Crippen molar-refractivity contribution in [2.75, 3.05) is 26.1 Å². The Hall–Kier alpha value is -1.80. The maximum absolute atomic E-state index is 10.8. The summed E-state index contributed by atoms with van der Waals surface area (Å²) in [6.07, 6.45) is -6.90. The minimum Gasteiger partial charge on any atom is -0.496 e. The second-order valence-electron chi connectivity index (χ2n) is 7.55. The van der Waals surface area contributed by atoms with E-state index in [4.69, 9.17) is 32.7 Å². The van der Waals surface area contributed by atoms with Crippen LogP contribution in [0.3, 0.4) is 0 Å². The number of aliphatic hydroxyl groups excluding tert-OH is 5. The first-order chi connectivity index (χ1) is 16.6. The summed E-state index contributed by atoms with van der Waals surface area (Å²) in [6, 6.07) is 6.45. The van der Waals surface area contributed by atoms with Gasteiger partial charge in [0.2, 0.25) is 0 Å². The number of anilines is 2. The van der Waals surface area contributed by atoms with E-state index in [-0.39, 0.29) is 16.3 Å². The van der Waals surface area contributed by atoms with Crippen molar-refractivity contribution < 1.29 is 35.0 Å². The summed E-state index contributed by atoms with van der Waals surface area (Å²) in [4.78, 5) is 8.48. The molecule has 0 spiro atoms. The van der Waals surface area contributed by atoms with Gasteiger partial charge in [0.15, 0.2) is 0 Å². The molecule has 0 amide bonds. The summed E-state index contributed by atoms with van der Waals surface area (Å²) in [5, 5.41) is 55.4. The Labute approximate surface area is 219 Å². The molecular weight excluding hydrogens is 569 g/mol. The van der Waals surface area contributed by atoms with Gasteiger partial charge < -0.3 is 40.3 Å². The number of aliphatic hydroxyl groups is 5. The summed E-state index contributed by atoms with van der Waals surface area (Å²) in [5.41, 5.74) is 0.974. The third-order valence-corrected chi connectivity index (χ3v) is 7.25. The molecular formula is C22H24BrCl2N3O7. The molecule has 13 heteroatoms. The molecule has 0 saturated heterocycles. The smallest absolute Gasteiger partial charge is 0.141 e. The molecule has 1 unspecified atom stereocenters. The maximum Gasteiger partial charge on any atom is 0.141 e. The SMILES string of the molecule is COc1cc2c(Nc3ccc(Br)c(Cl)c3Cl)ncnc2cc1C(O)[C@H](O)[C@@H](O)[C@H](O)[C@H](CO)OC. The topological polar surface area (TPSA) is 157 Å². The number of nitrogens with zero attached hydrogens (tertiary/aromatic N) is 2. The first-order valence-electron chi connectivity index (χ1n) is 10.2. The van der Waals surface area contributed by atoms with Crippen molar-refractivity contribution in [3.8, 4) is 5.75 Å². The average Bonchev–Trinajstić information content (AvgIpc) is 2.87. The summed E-state index contributed by atoms with van der Waals surface area (Å²) < 4.78 is 10.9. The van der Waals surface area contributed by atoms with E-state index >= 15 is 0 Å². The number of nitrogens with one attached hydrogen (secondary N) is 1. The Bertz CT molecular complexity index is 1190. The number of ether oxygens (including phenoxy) is 2. The second kappa shape index (κ2) is 12.0. The van der Waals surface area contributed by atoms with Crippen molar-refractivity contribution in [2.24, 2.45) is 0 Å². The van der Waals surface area contributed by atoms with E-state index in [1.54, 1.807) is 18.2 Å². The van der Waals surface area contributed by atoms with Gasteiger partial charge in [0, 0.05) is 22.5 Å². The minimum absolute atomic E-state index is 0.103. The van der Waals surface area contributed by atoms with Crippen molar-refractivity contribution in [1.82, 2.24) is 9.97 Å². The molecule has 0 bridgehead atoms. The van der Waals surface area contributed by atoms with E-state index < -0.39 is 37.1 Å². The van der Waals surface area contributed by atoms with Crippen LogP contribution in [0.25, 0.3) is 10.9 Å². The van der Waals surface area contributed by atoms with Crippen molar-refractivity contribution in [1.29, 1.82) is 0 Å². The number of methoxy groups -OCH3 is 2. The highest BCUT2D eigenvalue weighted by molar-refractivity contribution is 9.10. The van der Waals surface area contributed by atoms with Gasteiger partial charge in [-0.1, -0.05) is 23.2 Å². The maximum atomic E-state index is 10.8. The van der Waals surface area contributed by atoms with Crippen molar-refractivity contribution in [2.45, 2.75) is 30.5 Å². The Kier molecular flexibility index (Phi) is 9.49. The number of hydrogen-bond donors (Lipinski definition) is 6. The lowest BCUT2D eigenvalue weighted by atomic mass is 9.94. The predicted octanol–water partition coefficient (Wildman–Crippen LogP) is 2.57. The van der Waals surface area contributed by atoms with E-state index in [1.807, 2.05) is 0 Å². The molecule has 190 valence electrons. The molecule has 0 radical (unpaired) electrons. The van der Waals surface area contributed by atoms with Gasteiger partial charge in [0.1, 0.15) is 48.4 Å². The standard InChI is InChI=1S/C22H24BrCl2N3O7/c1-34-14-6-9-13(5-10(14)18(30)20(32)21(33)19(31)15(7-29)35-2)26-8-27-22(9)28-12-4-3-11(23)16(24)17(12)25/h3-6,8,15,18-21,29-33H,7H2,1-2H3,(H,26,27,28)/t15-,18?,19+,20-,21-/m0/s1. The zero-order valence-corrected chi connectivity index (χ0v) is 21.7. The largest absolute Gasteiger partial charge is 0.496 e. The lowest BCUT2D eigenvalue weighted by molar-refractivity contribution is -0.148. The van der Waals surface area contributed by atoms with Gasteiger partial charge >= 0.3 is 0 Å².